The van der Waals surface area contributed by atoms with Crippen LogP contribution < -0.4 is 10.6 Å². The van der Waals surface area contributed by atoms with Gasteiger partial charge >= 0.3 is 12.0 Å². The number of anilines is 1. The van der Waals surface area contributed by atoms with Gasteiger partial charge in [0.1, 0.15) is 12.1 Å². The van der Waals surface area contributed by atoms with Crippen molar-refractivity contribution in [3.63, 3.8) is 0 Å². The molecule has 1 aliphatic heterocycles. The summed E-state index contributed by atoms with van der Waals surface area (Å²) in [4.78, 5) is 49.4. The van der Waals surface area contributed by atoms with E-state index in [1.807, 2.05) is 32.0 Å². The molecule has 0 unspecified atom stereocenters. The number of rotatable bonds is 6. The molecule has 146 valence electrons. The second-order valence-corrected chi connectivity index (χ2v) is 6.95. The molecule has 0 bridgehead atoms. The highest BCUT2D eigenvalue weighted by atomic mass is 16.5. The maximum atomic E-state index is 12.3. The van der Waals surface area contributed by atoms with Crippen LogP contribution >= 0.6 is 0 Å². The normalized spacial score (nSPS) is 20.3. The highest BCUT2D eigenvalue weighted by molar-refractivity contribution is 6.08. The molecule has 1 aromatic carbocycles. The fraction of sp³-hybridized carbons (Fsp3) is 0.474. The third-order valence-corrected chi connectivity index (χ3v) is 4.67. The second-order valence-electron chi connectivity index (χ2n) is 6.95. The van der Waals surface area contributed by atoms with E-state index >= 15 is 0 Å². The molecule has 8 nitrogen and oxygen atoms in total. The number of amides is 4. The van der Waals surface area contributed by atoms with Crippen molar-refractivity contribution in [2.75, 3.05) is 11.9 Å². The van der Waals surface area contributed by atoms with Gasteiger partial charge in [-0.25, -0.2) is 4.79 Å². The van der Waals surface area contributed by atoms with Gasteiger partial charge in [0.2, 0.25) is 0 Å². The van der Waals surface area contributed by atoms with E-state index in [1.165, 1.54) is 6.92 Å². The Hall–Kier alpha value is -2.90. The number of nitrogens with one attached hydrogen (secondary N) is 2. The molecule has 0 spiro atoms. The van der Waals surface area contributed by atoms with Gasteiger partial charge in [0.15, 0.2) is 6.10 Å². The van der Waals surface area contributed by atoms with Crippen LogP contribution in [-0.2, 0) is 19.1 Å². The number of carbonyl (C=O) groups excluding carboxylic acids is 4. The van der Waals surface area contributed by atoms with E-state index in [9.17, 15) is 19.2 Å². The number of carbonyl (C=O) groups is 4. The van der Waals surface area contributed by atoms with Gasteiger partial charge in [-0.2, -0.15) is 0 Å². The molecule has 0 saturated carbocycles. The van der Waals surface area contributed by atoms with Crippen molar-refractivity contribution in [1.29, 1.82) is 0 Å². The lowest BCUT2D eigenvalue weighted by molar-refractivity contribution is -0.155. The summed E-state index contributed by atoms with van der Waals surface area (Å²) < 4.78 is 5.09. The number of hydrogen-bond acceptors (Lipinski definition) is 5. The molecule has 0 aromatic heterocycles. The predicted octanol–water partition coefficient (Wildman–Crippen LogP) is 1.89. The van der Waals surface area contributed by atoms with Gasteiger partial charge in [-0.3, -0.25) is 19.3 Å². The molecule has 1 aliphatic rings. The number of aryl methyl sites for hydroxylation is 2. The van der Waals surface area contributed by atoms with Crippen molar-refractivity contribution in [2.45, 2.75) is 52.7 Å². The lowest BCUT2D eigenvalue weighted by Gasteiger charge is -2.19. The fourth-order valence-electron chi connectivity index (χ4n) is 2.65. The van der Waals surface area contributed by atoms with Gasteiger partial charge in [-0.05, 0) is 51.3 Å². The molecule has 8 heteroatoms. The molecule has 1 heterocycles. The molecular formula is C19H25N3O5. The smallest absolute Gasteiger partial charge is 0.327 e. The van der Waals surface area contributed by atoms with E-state index in [4.69, 9.17) is 4.74 Å². The molecule has 1 aromatic rings. The first-order chi connectivity index (χ1) is 12.6. The average Bonchev–Trinajstić information content (AvgIpc) is 2.81. The fourth-order valence-corrected chi connectivity index (χ4v) is 2.65. The van der Waals surface area contributed by atoms with E-state index in [2.05, 4.69) is 10.6 Å². The number of ether oxygens (including phenoxy) is 1. The lowest BCUT2D eigenvalue weighted by Crippen LogP contribution is -2.44. The minimum atomic E-state index is -1.07. The van der Waals surface area contributed by atoms with Gasteiger partial charge < -0.3 is 15.4 Å². The Morgan fingerprint density at radius 3 is 2.56 bits per heavy atom. The molecule has 4 amide bonds. The first-order valence-corrected chi connectivity index (χ1v) is 8.79. The minimum Gasteiger partial charge on any atom is -0.451 e. The van der Waals surface area contributed by atoms with Crippen LogP contribution in [-0.4, -0.2) is 46.9 Å². The van der Waals surface area contributed by atoms with Crippen LogP contribution in [0.15, 0.2) is 18.2 Å². The Morgan fingerprint density at radius 1 is 1.30 bits per heavy atom. The molecule has 0 radical (unpaired) electrons. The predicted molar refractivity (Wildman–Crippen MR) is 99.0 cm³/mol. The molecule has 0 aliphatic carbocycles. The number of esters is 1. The average molecular weight is 375 g/mol. The van der Waals surface area contributed by atoms with Crippen molar-refractivity contribution in [3.8, 4) is 0 Å². The summed E-state index contributed by atoms with van der Waals surface area (Å²) in [7, 11) is 0. The van der Waals surface area contributed by atoms with Crippen molar-refractivity contribution in [2.24, 2.45) is 0 Å². The zero-order valence-electron chi connectivity index (χ0n) is 16.2. The Labute approximate surface area is 158 Å². The van der Waals surface area contributed by atoms with Crippen LogP contribution in [0.4, 0.5) is 10.5 Å². The van der Waals surface area contributed by atoms with Gasteiger partial charge in [0, 0.05) is 5.69 Å². The Bertz CT molecular complexity index is 792. The Morgan fingerprint density at radius 2 is 1.96 bits per heavy atom. The third-order valence-electron chi connectivity index (χ3n) is 4.67. The maximum Gasteiger partial charge on any atom is 0.327 e. The second kappa shape index (κ2) is 7.77. The summed E-state index contributed by atoms with van der Waals surface area (Å²) in [6, 6.07) is 4.98. The van der Waals surface area contributed by atoms with E-state index in [1.54, 1.807) is 13.8 Å². The zero-order chi connectivity index (χ0) is 20.4. The van der Waals surface area contributed by atoms with Crippen LogP contribution in [0.25, 0.3) is 0 Å². The van der Waals surface area contributed by atoms with Gasteiger partial charge in [-0.1, -0.05) is 19.1 Å². The number of benzene rings is 1. The molecule has 2 N–H and O–H groups in total. The van der Waals surface area contributed by atoms with Crippen molar-refractivity contribution >= 4 is 29.5 Å². The molecule has 2 rings (SSSR count). The SMILES string of the molecule is CC[C@@]1(C)NC(=O)N(CC(=O)O[C@H](C)C(=O)Nc2cc(C)ccc2C)C1=O. The molecule has 27 heavy (non-hydrogen) atoms. The minimum absolute atomic E-state index is 0.401. The topological polar surface area (TPSA) is 105 Å². The summed E-state index contributed by atoms with van der Waals surface area (Å²) in [5.41, 5.74) is 1.47. The highest BCUT2D eigenvalue weighted by Gasteiger charge is 2.47. The number of imide groups is 1. The van der Waals surface area contributed by atoms with Crippen LogP contribution in [0, 0.1) is 13.8 Å². The first-order valence-electron chi connectivity index (χ1n) is 8.79. The summed E-state index contributed by atoms with van der Waals surface area (Å²) in [6.45, 7) is 8.01. The summed E-state index contributed by atoms with van der Waals surface area (Å²) in [5.74, 6) is -1.81. The van der Waals surface area contributed by atoms with Gasteiger partial charge in [-0.15, -0.1) is 0 Å². The molecule has 1 saturated heterocycles. The van der Waals surface area contributed by atoms with Crippen LogP contribution in [0.5, 0.6) is 0 Å². The zero-order valence-corrected chi connectivity index (χ0v) is 16.2. The molecule has 2 atom stereocenters. The summed E-state index contributed by atoms with van der Waals surface area (Å²) in [5, 5.41) is 5.27. The van der Waals surface area contributed by atoms with E-state index in [-0.39, 0.29) is 0 Å². The van der Waals surface area contributed by atoms with Crippen molar-refractivity contribution in [1.82, 2.24) is 10.2 Å². The van der Waals surface area contributed by atoms with Crippen molar-refractivity contribution in [3.05, 3.63) is 29.3 Å². The lowest BCUT2D eigenvalue weighted by atomic mass is 9.99. The standard InChI is InChI=1S/C19H25N3O5/c1-6-19(5)17(25)22(18(26)21-19)10-15(23)27-13(4)16(24)20-14-9-11(2)7-8-12(14)3/h7-9,13H,6,10H2,1-5H3,(H,20,24)(H,21,26)/t13-,19-/m1/s1. The summed E-state index contributed by atoms with van der Waals surface area (Å²) >= 11 is 0. The van der Waals surface area contributed by atoms with Gasteiger partial charge in [0.05, 0.1) is 0 Å². The molecular weight excluding hydrogens is 350 g/mol. The first kappa shape index (κ1) is 20.4. The Kier molecular flexibility index (Phi) is 5.88. The van der Waals surface area contributed by atoms with E-state index < -0.39 is 42.0 Å². The number of nitrogens with zero attached hydrogens (tertiary/aromatic N) is 1. The summed E-state index contributed by atoms with van der Waals surface area (Å²) in [6.07, 6.45) is -0.673. The van der Waals surface area contributed by atoms with Crippen LogP contribution in [0.1, 0.15) is 38.3 Å². The maximum absolute atomic E-state index is 12.3. The van der Waals surface area contributed by atoms with E-state index in [0.29, 0.717) is 12.1 Å². The molecule has 1 fully saturated rings. The van der Waals surface area contributed by atoms with Crippen LogP contribution in [0.3, 0.4) is 0 Å². The van der Waals surface area contributed by atoms with Crippen molar-refractivity contribution < 1.29 is 23.9 Å². The largest absolute Gasteiger partial charge is 0.451 e. The Balaban J connectivity index is 1.95. The van der Waals surface area contributed by atoms with E-state index in [0.717, 1.165) is 16.0 Å². The van der Waals surface area contributed by atoms with Crippen LogP contribution in [0.2, 0.25) is 0 Å². The monoisotopic (exact) mass is 375 g/mol. The number of hydrogen-bond donors (Lipinski definition) is 2. The number of urea groups is 1. The third kappa shape index (κ3) is 4.45. The highest BCUT2D eigenvalue weighted by Crippen LogP contribution is 2.21. The van der Waals surface area contributed by atoms with Gasteiger partial charge in [0.25, 0.3) is 11.8 Å². The quantitative estimate of drug-likeness (QED) is 0.584.